The van der Waals surface area contributed by atoms with Crippen LogP contribution < -0.4 is 4.74 Å². The molecule has 1 atom stereocenters. The van der Waals surface area contributed by atoms with Gasteiger partial charge in [-0.2, -0.15) is 0 Å². The Balaban J connectivity index is 1.85. The molecule has 1 aliphatic rings. The molecule has 1 aliphatic heterocycles. The molecule has 5 nitrogen and oxygen atoms in total. The van der Waals surface area contributed by atoms with Gasteiger partial charge in [0.1, 0.15) is 5.75 Å². The fourth-order valence-corrected chi connectivity index (χ4v) is 3.51. The minimum absolute atomic E-state index is 0.0235. The molecule has 1 unspecified atom stereocenters. The van der Waals surface area contributed by atoms with Crippen molar-refractivity contribution in [2.24, 2.45) is 0 Å². The molecule has 0 saturated carbocycles. The van der Waals surface area contributed by atoms with Crippen LogP contribution in [0.4, 0.5) is 0 Å². The summed E-state index contributed by atoms with van der Waals surface area (Å²) in [6.07, 6.45) is 1.47. The van der Waals surface area contributed by atoms with Gasteiger partial charge in [-0.3, -0.25) is 9.59 Å². The maximum absolute atomic E-state index is 12.1. The molecular formula is C20H23NO4. The number of fused-ring (bicyclic) bond motifs is 1. The minimum atomic E-state index is -0.898. The Hall–Kier alpha value is -2.40. The zero-order chi connectivity index (χ0) is 17.8. The molecular weight excluding hydrogens is 318 g/mol. The number of benzene rings is 2. The van der Waals surface area contributed by atoms with E-state index in [1.807, 2.05) is 24.3 Å². The van der Waals surface area contributed by atoms with Gasteiger partial charge in [0, 0.05) is 24.8 Å². The van der Waals surface area contributed by atoms with Crippen LogP contribution in [0.15, 0.2) is 36.4 Å². The summed E-state index contributed by atoms with van der Waals surface area (Å²) in [4.78, 5) is 25.0. The van der Waals surface area contributed by atoms with E-state index < -0.39 is 5.97 Å². The van der Waals surface area contributed by atoms with Crippen LogP contribution in [0.2, 0.25) is 0 Å². The van der Waals surface area contributed by atoms with Crippen molar-refractivity contribution >= 4 is 22.7 Å². The van der Waals surface area contributed by atoms with Crippen molar-refractivity contribution in [3.63, 3.8) is 0 Å². The number of esters is 1. The van der Waals surface area contributed by atoms with E-state index in [2.05, 4.69) is 24.1 Å². The molecule has 0 spiro atoms. The lowest BCUT2D eigenvalue weighted by molar-refractivity contribution is -0.137. The lowest BCUT2D eigenvalue weighted by Crippen LogP contribution is -2.13. The Morgan fingerprint density at radius 2 is 1.96 bits per heavy atom. The average Bonchev–Trinajstić information content (AvgIpc) is 3.00. The van der Waals surface area contributed by atoms with Crippen molar-refractivity contribution in [3.05, 3.63) is 42.0 Å². The first kappa shape index (κ1) is 17.4. The van der Waals surface area contributed by atoms with Gasteiger partial charge in [0.25, 0.3) is 0 Å². The van der Waals surface area contributed by atoms with Gasteiger partial charge in [-0.05, 0) is 49.4 Å². The van der Waals surface area contributed by atoms with Crippen molar-refractivity contribution in [2.75, 3.05) is 20.1 Å². The first-order valence-corrected chi connectivity index (χ1v) is 8.67. The quantitative estimate of drug-likeness (QED) is 0.644. The molecule has 132 valence electrons. The van der Waals surface area contributed by atoms with Crippen molar-refractivity contribution < 1.29 is 19.4 Å². The molecule has 0 radical (unpaired) electrons. The van der Waals surface area contributed by atoms with Gasteiger partial charge < -0.3 is 14.7 Å². The van der Waals surface area contributed by atoms with E-state index in [1.165, 1.54) is 5.56 Å². The summed E-state index contributed by atoms with van der Waals surface area (Å²) >= 11 is 0. The predicted molar refractivity (Wildman–Crippen MR) is 95.9 cm³/mol. The highest BCUT2D eigenvalue weighted by Crippen LogP contribution is 2.37. The number of hydrogen-bond acceptors (Lipinski definition) is 4. The van der Waals surface area contributed by atoms with Crippen LogP contribution in [0.3, 0.4) is 0 Å². The number of carboxylic acids is 1. The smallest absolute Gasteiger partial charge is 0.311 e. The monoisotopic (exact) mass is 341 g/mol. The number of rotatable bonds is 6. The van der Waals surface area contributed by atoms with E-state index in [-0.39, 0.29) is 18.8 Å². The normalized spacial score (nSPS) is 17.7. The molecule has 1 N–H and O–H groups in total. The molecule has 1 heterocycles. The zero-order valence-electron chi connectivity index (χ0n) is 14.4. The van der Waals surface area contributed by atoms with Gasteiger partial charge in [0.05, 0.1) is 0 Å². The largest absolute Gasteiger partial charge is 0.481 e. The lowest BCUT2D eigenvalue weighted by atomic mass is 9.92. The molecule has 3 rings (SSSR count). The summed E-state index contributed by atoms with van der Waals surface area (Å²) in [5.74, 6) is -0.277. The summed E-state index contributed by atoms with van der Waals surface area (Å²) in [6.45, 7) is 2.07. The molecule has 1 saturated heterocycles. The molecule has 0 amide bonds. The summed E-state index contributed by atoms with van der Waals surface area (Å²) in [6, 6.07) is 11.9. The van der Waals surface area contributed by atoms with E-state index in [0.717, 1.165) is 30.3 Å². The number of likely N-dealkylation sites (tertiary alicyclic amines) is 1. The third kappa shape index (κ3) is 4.17. The van der Waals surface area contributed by atoms with Gasteiger partial charge in [-0.25, -0.2) is 0 Å². The Kier molecular flexibility index (Phi) is 5.34. The van der Waals surface area contributed by atoms with Crippen LogP contribution in [0.1, 0.15) is 37.2 Å². The second kappa shape index (κ2) is 7.66. The summed E-state index contributed by atoms with van der Waals surface area (Å²) in [7, 11) is 2.12. The number of aliphatic carboxylic acids is 1. The van der Waals surface area contributed by atoms with E-state index in [4.69, 9.17) is 9.84 Å². The van der Waals surface area contributed by atoms with E-state index in [1.54, 1.807) is 0 Å². The van der Waals surface area contributed by atoms with Crippen molar-refractivity contribution in [2.45, 2.75) is 31.6 Å². The van der Waals surface area contributed by atoms with E-state index in [9.17, 15) is 9.59 Å². The number of hydrogen-bond donors (Lipinski definition) is 1. The average molecular weight is 341 g/mol. The van der Waals surface area contributed by atoms with Gasteiger partial charge in [-0.15, -0.1) is 0 Å². The Labute approximate surface area is 147 Å². The number of likely N-dealkylation sites (N-methyl/N-ethyl adjacent to an activating group) is 1. The number of ether oxygens (including phenoxy) is 1. The maximum Gasteiger partial charge on any atom is 0.311 e. The number of carbonyl (C=O) groups excluding carboxylic acids is 1. The molecule has 0 aliphatic carbocycles. The number of nitrogens with zero attached hydrogens (tertiary/aromatic N) is 1. The summed E-state index contributed by atoms with van der Waals surface area (Å²) in [5, 5.41) is 10.7. The van der Waals surface area contributed by atoms with Crippen molar-refractivity contribution in [3.8, 4) is 5.75 Å². The Morgan fingerprint density at radius 1 is 1.20 bits per heavy atom. The molecule has 25 heavy (non-hydrogen) atoms. The SMILES string of the molecule is CN1CCC(c2cccc3cccc(OC(=O)CCCC(=O)O)c23)C1. The molecule has 2 aromatic carbocycles. The molecule has 0 aromatic heterocycles. The zero-order valence-corrected chi connectivity index (χ0v) is 14.4. The molecule has 2 aromatic rings. The third-order valence-corrected chi connectivity index (χ3v) is 4.73. The maximum atomic E-state index is 12.1. The highest BCUT2D eigenvalue weighted by Gasteiger charge is 2.24. The second-order valence-electron chi connectivity index (χ2n) is 6.67. The van der Waals surface area contributed by atoms with Crippen LogP contribution in [0.25, 0.3) is 10.8 Å². The second-order valence-corrected chi connectivity index (χ2v) is 6.67. The lowest BCUT2D eigenvalue weighted by Gasteiger charge is -2.16. The van der Waals surface area contributed by atoms with Crippen LogP contribution in [-0.4, -0.2) is 42.1 Å². The minimum Gasteiger partial charge on any atom is -0.481 e. The van der Waals surface area contributed by atoms with Crippen LogP contribution in [-0.2, 0) is 9.59 Å². The highest BCUT2D eigenvalue weighted by atomic mass is 16.5. The van der Waals surface area contributed by atoms with Crippen molar-refractivity contribution in [1.82, 2.24) is 4.90 Å². The molecule has 5 heteroatoms. The van der Waals surface area contributed by atoms with Crippen LogP contribution >= 0.6 is 0 Å². The van der Waals surface area contributed by atoms with E-state index >= 15 is 0 Å². The fraction of sp³-hybridized carbons (Fsp3) is 0.400. The van der Waals surface area contributed by atoms with Gasteiger partial charge in [0.15, 0.2) is 0 Å². The predicted octanol–water partition coefficient (Wildman–Crippen LogP) is 3.42. The number of carbonyl (C=O) groups is 2. The molecule has 0 bridgehead atoms. The highest BCUT2D eigenvalue weighted by molar-refractivity contribution is 5.93. The Morgan fingerprint density at radius 3 is 2.64 bits per heavy atom. The number of carboxylic acid groups (broad SMARTS) is 1. The fourth-order valence-electron chi connectivity index (χ4n) is 3.51. The molecule has 1 fully saturated rings. The van der Waals surface area contributed by atoms with E-state index in [0.29, 0.717) is 18.1 Å². The first-order chi connectivity index (χ1) is 12.0. The summed E-state index contributed by atoms with van der Waals surface area (Å²) in [5.41, 5.74) is 1.22. The third-order valence-electron chi connectivity index (χ3n) is 4.73. The van der Waals surface area contributed by atoms with Gasteiger partial charge >= 0.3 is 11.9 Å². The standard InChI is InChI=1S/C20H23NO4/c1-21-12-11-15(13-21)16-7-2-5-14-6-3-8-17(20(14)16)25-19(24)10-4-9-18(22)23/h2-3,5-8,15H,4,9-13H2,1H3,(H,22,23). The van der Waals surface area contributed by atoms with Crippen molar-refractivity contribution in [1.29, 1.82) is 0 Å². The summed E-state index contributed by atoms with van der Waals surface area (Å²) < 4.78 is 5.59. The first-order valence-electron chi connectivity index (χ1n) is 8.67. The topological polar surface area (TPSA) is 66.8 Å². The van der Waals surface area contributed by atoms with Gasteiger partial charge in [0.2, 0.25) is 0 Å². The van der Waals surface area contributed by atoms with Crippen LogP contribution in [0.5, 0.6) is 5.75 Å². The van der Waals surface area contributed by atoms with Crippen LogP contribution in [0, 0.1) is 0 Å². The van der Waals surface area contributed by atoms with Gasteiger partial charge in [-0.1, -0.05) is 30.3 Å². The Bertz CT molecular complexity index is 781.